The van der Waals surface area contributed by atoms with Gasteiger partial charge in [-0.05, 0) is 67.9 Å². The third-order valence-electron chi connectivity index (χ3n) is 7.17. The number of thiazole rings is 1. The van der Waals surface area contributed by atoms with Crippen LogP contribution in [0.15, 0.2) is 4.42 Å². The van der Waals surface area contributed by atoms with E-state index in [1.807, 2.05) is 52.9 Å². The SMILES string of the molecule is Cc1nc(C(C)(C)C)nc(C)c1C.Cc1nc(C(C)(C)C)oc1C.Cc1nc(C(C)(C)C)sc1C.Cc1nc(C)nc(C(C)(C)C)n1. The smallest absolute Gasteiger partial charge is 0.199 e. The van der Waals surface area contributed by atoms with Crippen molar-refractivity contribution in [3.05, 3.63) is 73.2 Å². The lowest BCUT2D eigenvalue weighted by Gasteiger charge is -2.18. The van der Waals surface area contributed by atoms with Gasteiger partial charge in [-0.3, -0.25) is 0 Å². The van der Waals surface area contributed by atoms with Crippen molar-refractivity contribution >= 4 is 11.3 Å². The quantitative estimate of drug-likeness (QED) is 0.183. The van der Waals surface area contributed by atoms with Gasteiger partial charge >= 0.3 is 0 Å². The predicted octanol–water partition coefficient (Wildman–Crippen LogP) is 10.1. The molecule has 8 nitrogen and oxygen atoms in total. The topological polar surface area (TPSA) is 103 Å². The highest BCUT2D eigenvalue weighted by Crippen LogP contribution is 2.28. The molecule has 0 saturated carbocycles. The molecule has 0 aliphatic heterocycles. The average Bonchev–Trinajstić information content (AvgIpc) is 3.42. The van der Waals surface area contributed by atoms with E-state index in [1.165, 1.54) is 21.1 Å². The third kappa shape index (κ3) is 13.5. The maximum atomic E-state index is 5.47. The van der Waals surface area contributed by atoms with Crippen molar-refractivity contribution in [3.8, 4) is 0 Å². The molecule has 0 aliphatic rings. The first kappa shape index (κ1) is 42.0. The minimum absolute atomic E-state index is 0.0124. The van der Waals surface area contributed by atoms with Crippen molar-refractivity contribution in [2.24, 2.45) is 0 Å². The van der Waals surface area contributed by atoms with Gasteiger partial charge in [0.05, 0.1) is 16.4 Å². The van der Waals surface area contributed by atoms with Gasteiger partial charge in [0.15, 0.2) is 5.89 Å². The maximum Gasteiger partial charge on any atom is 0.199 e. The van der Waals surface area contributed by atoms with E-state index < -0.39 is 0 Å². The van der Waals surface area contributed by atoms with Crippen molar-refractivity contribution in [2.75, 3.05) is 0 Å². The fourth-order valence-electron chi connectivity index (χ4n) is 3.65. The fraction of sp³-hybridized carbons (Fsp3) is 0.658. The molecule has 4 aromatic heterocycles. The predicted molar refractivity (Wildman–Crippen MR) is 198 cm³/mol. The summed E-state index contributed by atoms with van der Waals surface area (Å²) < 4.78 is 5.47. The zero-order valence-electron chi connectivity index (χ0n) is 33.4. The Balaban J connectivity index is 0.000000314. The molecule has 0 saturated heterocycles. The van der Waals surface area contributed by atoms with Crippen LogP contribution in [0, 0.1) is 62.3 Å². The molecule has 0 radical (unpaired) electrons. The second-order valence-electron chi connectivity index (χ2n) is 16.4. The van der Waals surface area contributed by atoms with Crippen molar-refractivity contribution in [3.63, 3.8) is 0 Å². The molecular weight excluding hydrogens is 603 g/mol. The summed E-state index contributed by atoms with van der Waals surface area (Å²) in [5.74, 6) is 5.16. The summed E-state index contributed by atoms with van der Waals surface area (Å²) in [5, 5.41) is 1.24. The molecule has 0 spiro atoms. The van der Waals surface area contributed by atoms with Gasteiger partial charge in [0.2, 0.25) is 0 Å². The highest BCUT2D eigenvalue weighted by Gasteiger charge is 2.21. The molecule has 47 heavy (non-hydrogen) atoms. The number of aromatic nitrogens is 7. The van der Waals surface area contributed by atoms with Crippen LogP contribution >= 0.6 is 11.3 Å². The van der Waals surface area contributed by atoms with Crippen LogP contribution in [-0.4, -0.2) is 34.9 Å². The Morgan fingerprint density at radius 3 is 1.11 bits per heavy atom. The Bertz CT molecular complexity index is 1470. The van der Waals surface area contributed by atoms with E-state index in [-0.39, 0.29) is 21.7 Å². The summed E-state index contributed by atoms with van der Waals surface area (Å²) in [4.78, 5) is 31.8. The molecule has 0 N–H and O–H groups in total. The van der Waals surface area contributed by atoms with Crippen LogP contribution in [0.2, 0.25) is 0 Å². The van der Waals surface area contributed by atoms with Crippen molar-refractivity contribution in [1.82, 2.24) is 34.9 Å². The van der Waals surface area contributed by atoms with Crippen LogP contribution in [0.1, 0.15) is 156 Å². The number of nitrogens with zero attached hydrogens (tertiary/aromatic N) is 7. The highest BCUT2D eigenvalue weighted by molar-refractivity contribution is 7.11. The molecule has 4 rings (SSSR count). The maximum absolute atomic E-state index is 5.47. The van der Waals surface area contributed by atoms with Gasteiger partial charge in [-0.2, -0.15) is 0 Å². The van der Waals surface area contributed by atoms with Crippen LogP contribution in [0.5, 0.6) is 0 Å². The summed E-state index contributed by atoms with van der Waals surface area (Å²) in [6.45, 7) is 43.6. The average molecular weight is 666 g/mol. The normalized spacial score (nSPS) is 11.9. The van der Waals surface area contributed by atoms with E-state index in [1.54, 1.807) is 0 Å². The first-order valence-electron chi connectivity index (χ1n) is 16.4. The number of hydrogen-bond acceptors (Lipinski definition) is 9. The molecule has 0 bridgehead atoms. The first-order chi connectivity index (χ1) is 21.0. The van der Waals surface area contributed by atoms with E-state index in [0.29, 0.717) is 0 Å². The summed E-state index contributed by atoms with van der Waals surface area (Å²) in [6.07, 6.45) is 0. The van der Waals surface area contributed by atoms with Crippen LogP contribution in [-0.2, 0) is 21.7 Å². The second-order valence-corrected chi connectivity index (χ2v) is 17.6. The lowest BCUT2D eigenvalue weighted by Crippen LogP contribution is -2.18. The van der Waals surface area contributed by atoms with E-state index in [0.717, 1.165) is 52.0 Å². The van der Waals surface area contributed by atoms with Crippen LogP contribution in [0.4, 0.5) is 0 Å². The van der Waals surface area contributed by atoms with Crippen molar-refractivity contribution in [1.29, 1.82) is 0 Å². The third-order valence-corrected chi connectivity index (χ3v) is 8.67. The minimum Gasteiger partial charge on any atom is -0.445 e. The Kier molecular flexibility index (Phi) is 14.2. The van der Waals surface area contributed by atoms with Gasteiger partial charge in [0.1, 0.15) is 29.1 Å². The first-order valence-corrected chi connectivity index (χ1v) is 17.3. The van der Waals surface area contributed by atoms with Crippen molar-refractivity contribution in [2.45, 2.75) is 167 Å². The number of oxazole rings is 1. The number of hydrogen-bond donors (Lipinski definition) is 0. The van der Waals surface area contributed by atoms with E-state index >= 15 is 0 Å². The van der Waals surface area contributed by atoms with Gasteiger partial charge < -0.3 is 4.42 Å². The monoisotopic (exact) mass is 665 g/mol. The summed E-state index contributed by atoms with van der Waals surface area (Å²) >= 11 is 1.81. The van der Waals surface area contributed by atoms with Gasteiger partial charge in [0, 0.05) is 37.9 Å². The lowest BCUT2D eigenvalue weighted by molar-refractivity contribution is 0.380. The summed E-state index contributed by atoms with van der Waals surface area (Å²) in [5.41, 5.74) is 5.86. The van der Waals surface area contributed by atoms with E-state index in [2.05, 4.69) is 139 Å². The van der Waals surface area contributed by atoms with Crippen LogP contribution in [0.3, 0.4) is 0 Å². The molecule has 9 heteroatoms. The van der Waals surface area contributed by atoms with Crippen molar-refractivity contribution < 1.29 is 4.42 Å². The molecule has 4 aromatic rings. The molecule has 4 heterocycles. The molecule has 0 fully saturated rings. The molecule has 0 amide bonds. The zero-order valence-corrected chi connectivity index (χ0v) is 34.3. The molecular formula is C38H63N7OS. The summed E-state index contributed by atoms with van der Waals surface area (Å²) in [6, 6.07) is 0. The molecule has 0 unspecified atom stereocenters. The van der Waals surface area contributed by atoms with Gasteiger partial charge in [-0.15, -0.1) is 11.3 Å². The Morgan fingerprint density at radius 1 is 0.426 bits per heavy atom. The Morgan fingerprint density at radius 2 is 0.851 bits per heavy atom. The van der Waals surface area contributed by atoms with Gasteiger partial charge in [-0.1, -0.05) is 83.1 Å². The Labute approximate surface area is 290 Å². The Hall–Kier alpha value is -3.07. The number of rotatable bonds is 0. The zero-order chi connectivity index (χ0) is 36.9. The second kappa shape index (κ2) is 15.9. The van der Waals surface area contributed by atoms with Gasteiger partial charge in [0.25, 0.3) is 0 Å². The molecule has 262 valence electrons. The minimum atomic E-state index is 0.0124. The molecule has 0 atom stereocenters. The van der Waals surface area contributed by atoms with Gasteiger partial charge in [-0.25, -0.2) is 34.9 Å². The highest BCUT2D eigenvalue weighted by atomic mass is 32.1. The standard InChI is InChI=1S/C11H18N2.C9H15N3.C9H15NO.C9H15NS/c1-7-8(2)12-10(11(4,5)6)13-9(7)3;1-6-10-7(2)12-8(11-6)9(3,4)5;2*1-6-7(2)11-8(10-6)9(3,4)5/h1-6H3;1-5H3;2*1-5H3. The fourth-order valence-corrected chi connectivity index (χ4v) is 4.62. The van der Waals surface area contributed by atoms with E-state index in [9.17, 15) is 0 Å². The van der Waals surface area contributed by atoms with E-state index in [4.69, 9.17) is 4.42 Å². The summed E-state index contributed by atoms with van der Waals surface area (Å²) in [7, 11) is 0. The van der Waals surface area contributed by atoms with Crippen LogP contribution in [0.25, 0.3) is 0 Å². The molecule has 0 aliphatic carbocycles. The lowest BCUT2D eigenvalue weighted by atomic mass is 9.95. The van der Waals surface area contributed by atoms with Crippen LogP contribution < -0.4 is 0 Å². The molecule has 0 aromatic carbocycles. The largest absolute Gasteiger partial charge is 0.445 e. The number of aryl methyl sites for hydroxylation is 8.